The smallest absolute Gasteiger partial charge is 0.335 e. The normalized spacial score (nSPS) is 14.6. The number of nitrogens with one attached hydrogen (secondary N) is 1. The van der Waals surface area contributed by atoms with Gasteiger partial charge < -0.3 is 9.47 Å². The molecule has 0 radical (unpaired) electrons. The molecule has 1 N–H and O–H groups in total. The van der Waals surface area contributed by atoms with E-state index in [-0.39, 0.29) is 5.57 Å². The van der Waals surface area contributed by atoms with E-state index in [9.17, 15) is 14.4 Å². The van der Waals surface area contributed by atoms with E-state index in [1.165, 1.54) is 6.08 Å². The third kappa shape index (κ3) is 5.62. The van der Waals surface area contributed by atoms with E-state index in [4.69, 9.17) is 9.47 Å². The van der Waals surface area contributed by atoms with Gasteiger partial charge in [-0.1, -0.05) is 52.3 Å². The first-order valence-corrected chi connectivity index (χ1v) is 14.4. The largest absolute Gasteiger partial charge is 0.490 e. The SMILES string of the molecule is CCOc1cc(/C=C2\C(=O)NC(=O)N(c3ccc(Br)cc3)C2=O)cc(I)c1OCc1c(C)ccc2ccccc12. The highest BCUT2D eigenvalue weighted by Crippen LogP contribution is 2.37. The number of urea groups is 1. The van der Waals surface area contributed by atoms with Gasteiger partial charge in [0.25, 0.3) is 11.8 Å². The summed E-state index contributed by atoms with van der Waals surface area (Å²) in [6, 6.07) is 21.8. The fourth-order valence-electron chi connectivity index (χ4n) is 4.50. The van der Waals surface area contributed by atoms with Crippen molar-refractivity contribution in [2.24, 2.45) is 0 Å². The monoisotopic (exact) mass is 710 g/mol. The number of nitrogens with zero attached hydrogens (tertiary/aromatic N) is 1. The summed E-state index contributed by atoms with van der Waals surface area (Å²) in [6.07, 6.45) is 1.46. The van der Waals surface area contributed by atoms with Crippen LogP contribution in [0.15, 0.2) is 82.8 Å². The molecule has 1 saturated heterocycles. The van der Waals surface area contributed by atoms with Gasteiger partial charge in [-0.25, -0.2) is 9.69 Å². The Balaban J connectivity index is 1.47. The lowest BCUT2D eigenvalue weighted by Crippen LogP contribution is -2.54. The van der Waals surface area contributed by atoms with Crippen molar-refractivity contribution in [2.75, 3.05) is 11.5 Å². The summed E-state index contributed by atoms with van der Waals surface area (Å²) >= 11 is 5.50. The van der Waals surface area contributed by atoms with Crippen LogP contribution in [0.25, 0.3) is 16.8 Å². The van der Waals surface area contributed by atoms with Crippen LogP contribution in [0.2, 0.25) is 0 Å². The minimum Gasteiger partial charge on any atom is -0.490 e. The zero-order valence-electron chi connectivity index (χ0n) is 21.7. The van der Waals surface area contributed by atoms with Crippen LogP contribution in [0, 0.1) is 10.5 Å². The highest BCUT2D eigenvalue weighted by atomic mass is 127. The summed E-state index contributed by atoms with van der Waals surface area (Å²) in [5, 5.41) is 4.52. The van der Waals surface area contributed by atoms with Gasteiger partial charge in [0.2, 0.25) is 0 Å². The number of amides is 4. The second-order valence-electron chi connectivity index (χ2n) is 9.07. The lowest BCUT2D eigenvalue weighted by Gasteiger charge is -2.26. The number of anilines is 1. The van der Waals surface area contributed by atoms with Crippen molar-refractivity contribution in [2.45, 2.75) is 20.5 Å². The van der Waals surface area contributed by atoms with Gasteiger partial charge in [-0.3, -0.25) is 14.9 Å². The van der Waals surface area contributed by atoms with Gasteiger partial charge in [0.1, 0.15) is 12.2 Å². The second kappa shape index (κ2) is 11.8. The number of barbiturate groups is 1. The second-order valence-corrected chi connectivity index (χ2v) is 11.1. The van der Waals surface area contributed by atoms with Crippen molar-refractivity contribution in [3.8, 4) is 11.5 Å². The van der Waals surface area contributed by atoms with E-state index in [1.807, 2.05) is 25.1 Å². The lowest BCUT2D eigenvalue weighted by molar-refractivity contribution is -0.122. The first-order chi connectivity index (χ1) is 19.3. The van der Waals surface area contributed by atoms with Crippen molar-refractivity contribution < 1.29 is 23.9 Å². The molecule has 0 saturated carbocycles. The lowest BCUT2D eigenvalue weighted by atomic mass is 10.0. The quantitative estimate of drug-likeness (QED) is 0.125. The predicted molar refractivity (Wildman–Crippen MR) is 166 cm³/mol. The van der Waals surface area contributed by atoms with Gasteiger partial charge in [-0.2, -0.15) is 0 Å². The molecule has 9 heteroatoms. The van der Waals surface area contributed by atoms with E-state index >= 15 is 0 Å². The van der Waals surface area contributed by atoms with E-state index in [2.05, 4.69) is 75.0 Å². The van der Waals surface area contributed by atoms with Crippen LogP contribution in [0.5, 0.6) is 11.5 Å². The number of halogens is 2. The molecule has 1 aliphatic heterocycles. The number of ether oxygens (including phenoxy) is 2. The molecule has 4 aromatic carbocycles. The zero-order valence-corrected chi connectivity index (χ0v) is 25.4. The molecule has 202 valence electrons. The first-order valence-electron chi connectivity index (χ1n) is 12.5. The Hall–Kier alpha value is -3.70. The number of aryl methyl sites for hydroxylation is 1. The van der Waals surface area contributed by atoms with Gasteiger partial charge in [0, 0.05) is 10.0 Å². The molecule has 7 nitrogen and oxygen atoms in total. The average molecular weight is 711 g/mol. The van der Waals surface area contributed by atoms with Crippen LogP contribution in [0.1, 0.15) is 23.6 Å². The molecular weight excluding hydrogens is 687 g/mol. The molecule has 4 aromatic rings. The average Bonchev–Trinajstić information content (AvgIpc) is 2.92. The summed E-state index contributed by atoms with van der Waals surface area (Å²) in [4.78, 5) is 39.5. The summed E-state index contributed by atoms with van der Waals surface area (Å²) in [6.45, 7) is 4.67. The topological polar surface area (TPSA) is 84.9 Å². The molecule has 1 fully saturated rings. The number of benzene rings is 4. The van der Waals surface area contributed by atoms with Crippen molar-refractivity contribution >= 4 is 78.9 Å². The number of imide groups is 2. The summed E-state index contributed by atoms with van der Waals surface area (Å²) in [7, 11) is 0. The van der Waals surface area contributed by atoms with Crippen LogP contribution >= 0.6 is 38.5 Å². The first kappa shape index (κ1) is 27.9. The van der Waals surface area contributed by atoms with Crippen molar-refractivity contribution in [3.05, 3.63) is 103 Å². The number of hydrogen-bond acceptors (Lipinski definition) is 5. The molecule has 40 heavy (non-hydrogen) atoms. The van der Waals surface area contributed by atoms with Gasteiger partial charge in [-0.15, -0.1) is 0 Å². The van der Waals surface area contributed by atoms with Crippen LogP contribution < -0.4 is 19.7 Å². The van der Waals surface area contributed by atoms with Crippen LogP contribution in [0.4, 0.5) is 10.5 Å². The maximum Gasteiger partial charge on any atom is 0.335 e. The molecule has 0 aromatic heterocycles. The van der Waals surface area contributed by atoms with Gasteiger partial charge >= 0.3 is 6.03 Å². The van der Waals surface area contributed by atoms with Crippen LogP contribution in [-0.4, -0.2) is 24.5 Å². The van der Waals surface area contributed by atoms with E-state index in [0.29, 0.717) is 36.0 Å². The Morgan fingerprint density at radius 2 is 1.73 bits per heavy atom. The highest BCUT2D eigenvalue weighted by molar-refractivity contribution is 14.1. The highest BCUT2D eigenvalue weighted by Gasteiger charge is 2.36. The summed E-state index contributed by atoms with van der Waals surface area (Å²) < 4.78 is 13.8. The van der Waals surface area contributed by atoms with Crippen molar-refractivity contribution in [1.82, 2.24) is 5.32 Å². The number of fused-ring (bicyclic) bond motifs is 1. The number of carbonyl (C=O) groups excluding carboxylic acids is 3. The molecule has 0 spiro atoms. The molecule has 0 aliphatic carbocycles. The molecule has 0 unspecified atom stereocenters. The molecule has 5 rings (SSSR count). The standard InChI is InChI=1S/C31H24BrIN2O5/c1-3-39-27-16-19(14-24-29(36)34-31(38)35(30(24)37)22-12-10-21(32)11-13-22)15-26(33)28(27)40-17-25-18(2)8-9-20-6-4-5-7-23(20)25/h4-16H,3,17H2,1-2H3,(H,34,36,38)/b24-14+. The van der Waals surface area contributed by atoms with Gasteiger partial charge in [0.15, 0.2) is 11.5 Å². The summed E-state index contributed by atoms with van der Waals surface area (Å²) in [5.74, 6) is -0.412. The third-order valence-electron chi connectivity index (χ3n) is 6.46. The van der Waals surface area contributed by atoms with Gasteiger partial charge in [0.05, 0.1) is 15.9 Å². The van der Waals surface area contributed by atoms with Crippen molar-refractivity contribution in [1.29, 1.82) is 0 Å². The predicted octanol–water partition coefficient (Wildman–Crippen LogP) is 7.16. The number of rotatable bonds is 7. The third-order valence-corrected chi connectivity index (χ3v) is 7.79. The zero-order chi connectivity index (χ0) is 28.4. The number of carbonyl (C=O) groups is 3. The van der Waals surface area contributed by atoms with E-state index < -0.39 is 17.8 Å². The fourth-order valence-corrected chi connectivity index (χ4v) is 5.55. The molecule has 0 atom stereocenters. The maximum atomic E-state index is 13.3. The van der Waals surface area contributed by atoms with E-state index in [0.717, 1.165) is 34.8 Å². The Morgan fingerprint density at radius 1 is 0.975 bits per heavy atom. The Kier molecular flexibility index (Phi) is 8.22. The van der Waals surface area contributed by atoms with Crippen molar-refractivity contribution in [3.63, 3.8) is 0 Å². The van der Waals surface area contributed by atoms with E-state index in [1.54, 1.807) is 30.3 Å². The van der Waals surface area contributed by atoms with Gasteiger partial charge in [-0.05, 0) is 101 Å². The fraction of sp³-hybridized carbons (Fsp3) is 0.129. The summed E-state index contributed by atoms with van der Waals surface area (Å²) in [5.41, 5.74) is 2.96. The van der Waals surface area contributed by atoms with Crippen LogP contribution in [0.3, 0.4) is 0 Å². The molecular formula is C31H24BrIN2O5. The molecule has 1 aliphatic rings. The molecule has 4 amide bonds. The minimum absolute atomic E-state index is 0.166. The molecule has 0 bridgehead atoms. The maximum absolute atomic E-state index is 13.3. The number of hydrogen-bond donors (Lipinski definition) is 1. The Bertz CT molecular complexity index is 1680. The minimum atomic E-state index is -0.800. The Labute approximate surface area is 253 Å². The Morgan fingerprint density at radius 3 is 2.48 bits per heavy atom. The van der Waals surface area contributed by atoms with Crippen LogP contribution in [-0.2, 0) is 16.2 Å². The molecule has 1 heterocycles.